The van der Waals surface area contributed by atoms with Gasteiger partial charge in [-0.1, -0.05) is 6.07 Å². The van der Waals surface area contributed by atoms with Crippen LogP contribution in [0.3, 0.4) is 0 Å². The fourth-order valence-corrected chi connectivity index (χ4v) is 1.81. The molecule has 66 valence electrons. The zero-order valence-corrected chi connectivity index (χ0v) is 7.75. The van der Waals surface area contributed by atoms with E-state index in [0.29, 0.717) is 0 Å². The van der Waals surface area contributed by atoms with E-state index in [1.807, 2.05) is 19.3 Å². The average Bonchev–Trinajstić information content (AvgIpc) is 2.03. The second kappa shape index (κ2) is 2.85. The van der Waals surface area contributed by atoms with Crippen LogP contribution < -0.4 is 0 Å². The monoisotopic (exact) mass is 172 g/mol. The third kappa shape index (κ3) is 1.21. The molecule has 1 saturated carbocycles. The average molecular weight is 172 g/mol. The quantitative estimate of drug-likeness (QED) is 0.652. The van der Waals surface area contributed by atoms with Crippen LogP contribution in [0, 0.1) is 18.3 Å². The minimum absolute atomic E-state index is 0.209. The summed E-state index contributed by atoms with van der Waals surface area (Å²) in [5.41, 5.74) is 2.03. The summed E-state index contributed by atoms with van der Waals surface area (Å²) in [6, 6.07) is 4.50. The highest BCUT2D eigenvalue weighted by Gasteiger charge is 2.39. The van der Waals surface area contributed by atoms with Gasteiger partial charge in [0.2, 0.25) is 0 Å². The largest absolute Gasteiger partial charge is 0.264 e. The Hall–Kier alpha value is -1.36. The molecule has 0 spiro atoms. The van der Waals surface area contributed by atoms with Crippen molar-refractivity contribution in [2.24, 2.45) is 0 Å². The fourth-order valence-electron chi connectivity index (χ4n) is 1.81. The van der Waals surface area contributed by atoms with E-state index in [1.54, 1.807) is 0 Å². The number of aryl methyl sites for hydroxylation is 1. The molecule has 0 bridgehead atoms. The van der Waals surface area contributed by atoms with Crippen molar-refractivity contribution in [2.75, 3.05) is 0 Å². The standard InChI is InChI=1S/C11H12N2/c1-9-5-10(7-13-6-9)11(8-12)3-2-4-11/h5-7H,2-4H2,1H3. The summed E-state index contributed by atoms with van der Waals surface area (Å²) in [5, 5.41) is 9.10. The minimum Gasteiger partial charge on any atom is -0.264 e. The topological polar surface area (TPSA) is 36.7 Å². The Kier molecular flexibility index (Phi) is 1.81. The Bertz CT molecular complexity index is 359. The van der Waals surface area contributed by atoms with Gasteiger partial charge < -0.3 is 0 Å². The molecule has 1 aliphatic rings. The number of aromatic nitrogens is 1. The fraction of sp³-hybridized carbons (Fsp3) is 0.455. The zero-order valence-electron chi connectivity index (χ0n) is 7.75. The molecule has 1 aromatic rings. The lowest BCUT2D eigenvalue weighted by atomic mass is 9.66. The van der Waals surface area contributed by atoms with E-state index in [2.05, 4.69) is 17.1 Å². The lowest BCUT2D eigenvalue weighted by molar-refractivity contribution is 0.323. The first-order valence-electron chi connectivity index (χ1n) is 4.60. The van der Waals surface area contributed by atoms with Crippen molar-refractivity contribution in [1.82, 2.24) is 4.98 Å². The van der Waals surface area contributed by atoms with Crippen molar-refractivity contribution >= 4 is 0 Å². The maximum atomic E-state index is 9.10. The van der Waals surface area contributed by atoms with Crippen molar-refractivity contribution < 1.29 is 0 Å². The van der Waals surface area contributed by atoms with Gasteiger partial charge in [-0.2, -0.15) is 5.26 Å². The zero-order chi connectivity index (χ0) is 9.31. The third-order valence-corrected chi connectivity index (χ3v) is 2.85. The maximum Gasteiger partial charge on any atom is 0.0837 e. The van der Waals surface area contributed by atoms with Crippen molar-refractivity contribution in [2.45, 2.75) is 31.6 Å². The summed E-state index contributed by atoms with van der Waals surface area (Å²) in [4.78, 5) is 4.13. The van der Waals surface area contributed by atoms with Gasteiger partial charge in [0, 0.05) is 12.4 Å². The van der Waals surface area contributed by atoms with Crippen LogP contribution in [0.2, 0.25) is 0 Å². The number of nitriles is 1. The van der Waals surface area contributed by atoms with Crippen molar-refractivity contribution in [3.8, 4) is 6.07 Å². The Morgan fingerprint density at radius 1 is 1.46 bits per heavy atom. The summed E-state index contributed by atoms with van der Waals surface area (Å²) in [6.07, 6.45) is 6.81. The number of nitrogens with zero attached hydrogens (tertiary/aromatic N) is 2. The van der Waals surface area contributed by atoms with Gasteiger partial charge in [0.05, 0.1) is 11.5 Å². The third-order valence-electron chi connectivity index (χ3n) is 2.85. The Balaban J connectivity index is 2.40. The molecule has 0 saturated heterocycles. The molecule has 0 atom stereocenters. The van der Waals surface area contributed by atoms with Crippen LogP contribution in [0.4, 0.5) is 0 Å². The second-order valence-electron chi connectivity index (χ2n) is 3.80. The van der Waals surface area contributed by atoms with E-state index in [-0.39, 0.29) is 5.41 Å². The van der Waals surface area contributed by atoms with Crippen LogP contribution in [0.1, 0.15) is 30.4 Å². The predicted molar refractivity (Wildman–Crippen MR) is 50.1 cm³/mol. The van der Waals surface area contributed by atoms with Crippen molar-refractivity contribution in [1.29, 1.82) is 5.26 Å². The van der Waals surface area contributed by atoms with Gasteiger partial charge in [-0.15, -0.1) is 0 Å². The molecular formula is C11H12N2. The van der Waals surface area contributed by atoms with Crippen molar-refractivity contribution in [3.05, 3.63) is 29.6 Å². The molecule has 2 rings (SSSR count). The summed E-state index contributed by atoms with van der Waals surface area (Å²) in [6.45, 7) is 2.01. The molecule has 13 heavy (non-hydrogen) atoms. The molecule has 0 radical (unpaired) electrons. The molecule has 2 heteroatoms. The van der Waals surface area contributed by atoms with Gasteiger partial charge in [-0.3, -0.25) is 4.98 Å². The second-order valence-corrected chi connectivity index (χ2v) is 3.80. The van der Waals surface area contributed by atoms with Gasteiger partial charge in [0.25, 0.3) is 0 Å². The van der Waals surface area contributed by atoms with Crippen LogP contribution in [0.15, 0.2) is 18.5 Å². The van der Waals surface area contributed by atoms with Crippen LogP contribution in [0.5, 0.6) is 0 Å². The predicted octanol–water partition coefficient (Wildman–Crippen LogP) is 2.34. The van der Waals surface area contributed by atoms with E-state index >= 15 is 0 Å². The molecule has 1 heterocycles. The molecule has 0 aliphatic heterocycles. The normalized spacial score (nSPS) is 18.8. The van der Waals surface area contributed by atoms with Gasteiger partial charge in [0.15, 0.2) is 0 Å². The smallest absolute Gasteiger partial charge is 0.0837 e. The van der Waals surface area contributed by atoms with Crippen LogP contribution >= 0.6 is 0 Å². The van der Waals surface area contributed by atoms with Crippen LogP contribution in [-0.4, -0.2) is 4.98 Å². The first-order chi connectivity index (χ1) is 6.27. The van der Waals surface area contributed by atoms with E-state index < -0.39 is 0 Å². The number of hydrogen-bond donors (Lipinski definition) is 0. The molecule has 2 nitrogen and oxygen atoms in total. The molecule has 1 aliphatic carbocycles. The van der Waals surface area contributed by atoms with Gasteiger partial charge >= 0.3 is 0 Å². The summed E-state index contributed by atoms with van der Waals surface area (Å²) >= 11 is 0. The molecule has 0 unspecified atom stereocenters. The lowest BCUT2D eigenvalue weighted by Crippen LogP contribution is -2.32. The summed E-state index contributed by atoms with van der Waals surface area (Å²) in [7, 11) is 0. The van der Waals surface area contributed by atoms with E-state index in [4.69, 9.17) is 5.26 Å². The first kappa shape index (κ1) is 8.25. The highest BCUT2D eigenvalue weighted by atomic mass is 14.6. The number of pyridine rings is 1. The van der Waals surface area contributed by atoms with Gasteiger partial charge in [-0.25, -0.2) is 0 Å². The highest BCUT2D eigenvalue weighted by Crippen LogP contribution is 2.42. The number of rotatable bonds is 1. The molecule has 1 aromatic heterocycles. The summed E-state index contributed by atoms with van der Waals surface area (Å²) in [5.74, 6) is 0. The maximum absolute atomic E-state index is 9.10. The minimum atomic E-state index is -0.209. The lowest BCUT2D eigenvalue weighted by Gasteiger charge is -2.35. The van der Waals surface area contributed by atoms with Gasteiger partial charge in [0.1, 0.15) is 0 Å². The van der Waals surface area contributed by atoms with Gasteiger partial charge in [-0.05, 0) is 37.3 Å². The molecule has 1 fully saturated rings. The van der Waals surface area contributed by atoms with Crippen LogP contribution in [0.25, 0.3) is 0 Å². The van der Waals surface area contributed by atoms with E-state index in [9.17, 15) is 0 Å². The Morgan fingerprint density at radius 3 is 2.69 bits per heavy atom. The van der Waals surface area contributed by atoms with E-state index in [1.165, 1.54) is 6.42 Å². The molecule has 0 amide bonds. The number of hydrogen-bond acceptors (Lipinski definition) is 2. The molecule has 0 N–H and O–H groups in total. The Labute approximate surface area is 78.2 Å². The Morgan fingerprint density at radius 2 is 2.23 bits per heavy atom. The highest BCUT2D eigenvalue weighted by molar-refractivity contribution is 5.34. The van der Waals surface area contributed by atoms with Crippen LogP contribution in [-0.2, 0) is 5.41 Å². The summed E-state index contributed by atoms with van der Waals surface area (Å²) < 4.78 is 0. The first-order valence-corrected chi connectivity index (χ1v) is 4.60. The SMILES string of the molecule is Cc1cncc(C2(C#N)CCC2)c1. The van der Waals surface area contributed by atoms with E-state index in [0.717, 1.165) is 24.0 Å². The molecule has 0 aromatic carbocycles. The van der Waals surface area contributed by atoms with Crippen molar-refractivity contribution in [3.63, 3.8) is 0 Å². The molecular weight excluding hydrogens is 160 g/mol.